The molecule has 1 heterocycles. The van der Waals surface area contributed by atoms with Gasteiger partial charge in [0.2, 0.25) is 23.6 Å². The Bertz CT molecular complexity index is 873. The van der Waals surface area contributed by atoms with Crippen molar-refractivity contribution in [2.75, 3.05) is 0 Å². The van der Waals surface area contributed by atoms with Crippen LogP contribution in [-0.4, -0.2) is 79.9 Å². The van der Waals surface area contributed by atoms with Gasteiger partial charge in [0.05, 0.1) is 18.8 Å². The number of hydrogen-bond acceptors (Lipinski definition) is 8. The number of hydrogen-bond donors (Lipinski definition) is 8. The standard InChI is InChI=1S/C18H27N7O8/c1-8(15(29)25-12(18(32)33)5-13(20)26)23-17(31)11(2-3-14(27)28)24-16(30)10(19)4-9-6-21-7-22-9/h6-8,10-12H,2-5,19H2,1H3,(H2,20,26)(H,21,22)(H,23,31)(H,24,30)(H,25,29)(H,27,28)(H,32,33). The van der Waals surface area contributed by atoms with Crippen molar-refractivity contribution in [1.29, 1.82) is 0 Å². The number of carboxylic acids is 2. The lowest BCUT2D eigenvalue weighted by Crippen LogP contribution is -2.56. The van der Waals surface area contributed by atoms with Crippen molar-refractivity contribution in [3.63, 3.8) is 0 Å². The smallest absolute Gasteiger partial charge is 0.326 e. The first kappa shape index (κ1) is 27.0. The van der Waals surface area contributed by atoms with E-state index in [0.29, 0.717) is 5.69 Å². The topological polar surface area (TPSA) is 260 Å². The number of amides is 4. The average Bonchev–Trinajstić information content (AvgIpc) is 3.22. The number of H-pyrrole nitrogens is 1. The van der Waals surface area contributed by atoms with E-state index in [1.165, 1.54) is 19.4 Å². The summed E-state index contributed by atoms with van der Waals surface area (Å²) in [5, 5.41) is 24.7. The van der Waals surface area contributed by atoms with Gasteiger partial charge < -0.3 is 42.6 Å². The fourth-order valence-corrected chi connectivity index (χ4v) is 2.62. The summed E-state index contributed by atoms with van der Waals surface area (Å²) in [6.07, 6.45) is 1.52. The largest absolute Gasteiger partial charge is 0.481 e. The van der Waals surface area contributed by atoms with E-state index in [-0.39, 0.29) is 12.8 Å². The Morgan fingerprint density at radius 3 is 2.18 bits per heavy atom. The zero-order valence-corrected chi connectivity index (χ0v) is 17.7. The van der Waals surface area contributed by atoms with E-state index in [4.69, 9.17) is 21.7 Å². The summed E-state index contributed by atoms with van der Waals surface area (Å²) in [6.45, 7) is 1.23. The molecule has 15 heteroatoms. The molecule has 1 aromatic heterocycles. The highest BCUT2D eigenvalue weighted by Crippen LogP contribution is 2.03. The van der Waals surface area contributed by atoms with Gasteiger partial charge >= 0.3 is 11.9 Å². The molecule has 0 aliphatic heterocycles. The fourth-order valence-electron chi connectivity index (χ4n) is 2.62. The number of imidazole rings is 1. The van der Waals surface area contributed by atoms with Crippen molar-refractivity contribution in [1.82, 2.24) is 25.9 Å². The molecule has 4 amide bonds. The molecular formula is C18H27N7O8. The lowest BCUT2D eigenvalue weighted by atomic mass is 10.1. The third-order valence-electron chi connectivity index (χ3n) is 4.38. The molecular weight excluding hydrogens is 442 g/mol. The maximum atomic E-state index is 12.6. The molecule has 15 nitrogen and oxygen atoms in total. The van der Waals surface area contributed by atoms with Gasteiger partial charge in [-0.1, -0.05) is 0 Å². The summed E-state index contributed by atoms with van der Waals surface area (Å²) >= 11 is 0. The number of aromatic nitrogens is 2. The molecule has 4 atom stereocenters. The summed E-state index contributed by atoms with van der Waals surface area (Å²) < 4.78 is 0. The first-order valence-electron chi connectivity index (χ1n) is 9.77. The van der Waals surface area contributed by atoms with Crippen LogP contribution in [0.4, 0.5) is 0 Å². The Balaban J connectivity index is 2.78. The number of carbonyl (C=O) groups excluding carboxylic acids is 4. The van der Waals surface area contributed by atoms with Crippen LogP contribution in [0.5, 0.6) is 0 Å². The second-order valence-electron chi connectivity index (χ2n) is 7.18. The number of nitrogens with two attached hydrogens (primary N) is 2. The van der Waals surface area contributed by atoms with Gasteiger partial charge in [-0.2, -0.15) is 0 Å². The molecule has 4 unspecified atom stereocenters. The molecule has 0 fully saturated rings. The van der Waals surface area contributed by atoms with Crippen molar-refractivity contribution < 1.29 is 39.0 Å². The molecule has 10 N–H and O–H groups in total. The van der Waals surface area contributed by atoms with Crippen molar-refractivity contribution in [3.05, 3.63) is 18.2 Å². The summed E-state index contributed by atoms with van der Waals surface area (Å²) in [4.78, 5) is 76.8. The first-order valence-corrected chi connectivity index (χ1v) is 9.77. The molecule has 0 spiro atoms. The van der Waals surface area contributed by atoms with E-state index >= 15 is 0 Å². The molecule has 1 rings (SSSR count). The monoisotopic (exact) mass is 469 g/mol. The van der Waals surface area contributed by atoms with Crippen LogP contribution < -0.4 is 27.4 Å². The van der Waals surface area contributed by atoms with E-state index in [9.17, 15) is 28.8 Å². The summed E-state index contributed by atoms with van der Waals surface area (Å²) in [5.74, 6) is -6.23. The van der Waals surface area contributed by atoms with Gasteiger partial charge in [-0.3, -0.25) is 24.0 Å². The Hall–Kier alpha value is -4.01. The van der Waals surface area contributed by atoms with Crippen molar-refractivity contribution >= 4 is 35.6 Å². The maximum absolute atomic E-state index is 12.6. The number of carbonyl (C=O) groups is 6. The zero-order chi connectivity index (χ0) is 25.1. The van der Waals surface area contributed by atoms with Crippen LogP contribution in [-0.2, 0) is 35.2 Å². The predicted octanol–water partition coefficient (Wildman–Crippen LogP) is -3.42. The Labute approximate surface area is 187 Å². The van der Waals surface area contributed by atoms with Gasteiger partial charge in [0.1, 0.15) is 18.1 Å². The lowest BCUT2D eigenvalue weighted by Gasteiger charge is -2.23. The maximum Gasteiger partial charge on any atom is 0.326 e. The molecule has 0 aliphatic rings. The highest BCUT2D eigenvalue weighted by atomic mass is 16.4. The third-order valence-corrected chi connectivity index (χ3v) is 4.38. The molecule has 1 aromatic rings. The van der Waals surface area contributed by atoms with Gasteiger partial charge in [0, 0.05) is 24.7 Å². The molecule has 182 valence electrons. The van der Waals surface area contributed by atoms with Gasteiger partial charge in [-0.05, 0) is 13.3 Å². The van der Waals surface area contributed by atoms with E-state index < -0.39 is 72.6 Å². The van der Waals surface area contributed by atoms with Crippen LogP contribution in [0.25, 0.3) is 0 Å². The van der Waals surface area contributed by atoms with E-state index in [1.807, 2.05) is 0 Å². The summed E-state index contributed by atoms with van der Waals surface area (Å²) in [7, 11) is 0. The van der Waals surface area contributed by atoms with Crippen LogP contribution in [0, 0.1) is 0 Å². The van der Waals surface area contributed by atoms with Crippen LogP contribution in [0.15, 0.2) is 12.5 Å². The number of carboxylic acid groups (broad SMARTS) is 2. The van der Waals surface area contributed by atoms with E-state index in [2.05, 4.69) is 25.9 Å². The normalized spacial score (nSPS) is 14.2. The Morgan fingerprint density at radius 1 is 1.03 bits per heavy atom. The van der Waals surface area contributed by atoms with Gasteiger partial charge in [-0.25, -0.2) is 9.78 Å². The quantitative estimate of drug-likeness (QED) is 0.134. The highest BCUT2D eigenvalue weighted by Gasteiger charge is 2.29. The van der Waals surface area contributed by atoms with Gasteiger partial charge in [0.15, 0.2) is 0 Å². The number of rotatable bonds is 14. The molecule has 0 bridgehead atoms. The summed E-state index contributed by atoms with van der Waals surface area (Å²) in [6, 6.07) is -5.29. The minimum absolute atomic E-state index is 0.0777. The first-order chi connectivity index (χ1) is 15.4. The number of aliphatic carboxylic acids is 2. The van der Waals surface area contributed by atoms with Crippen molar-refractivity contribution in [3.8, 4) is 0 Å². The number of primary amides is 1. The molecule has 0 aromatic carbocycles. The van der Waals surface area contributed by atoms with Crippen molar-refractivity contribution in [2.24, 2.45) is 11.5 Å². The number of nitrogens with zero attached hydrogens (tertiary/aromatic N) is 1. The molecule has 33 heavy (non-hydrogen) atoms. The molecule has 0 saturated carbocycles. The summed E-state index contributed by atoms with van der Waals surface area (Å²) in [5.41, 5.74) is 11.3. The fraction of sp³-hybridized carbons (Fsp3) is 0.500. The van der Waals surface area contributed by atoms with E-state index in [1.54, 1.807) is 0 Å². The molecule has 0 radical (unpaired) electrons. The molecule has 0 saturated heterocycles. The average molecular weight is 469 g/mol. The second-order valence-corrected chi connectivity index (χ2v) is 7.18. The van der Waals surface area contributed by atoms with Crippen LogP contribution >= 0.6 is 0 Å². The van der Waals surface area contributed by atoms with Crippen LogP contribution in [0.2, 0.25) is 0 Å². The van der Waals surface area contributed by atoms with Gasteiger partial charge in [-0.15, -0.1) is 0 Å². The second kappa shape index (κ2) is 12.7. The number of nitrogens with one attached hydrogen (secondary N) is 4. The lowest BCUT2D eigenvalue weighted by molar-refractivity contribution is -0.143. The number of aromatic amines is 1. The predicted molar refractivity (Wildman–Crippen MR) is 110 cm³/mol. The SMILES string of the molecule is CC(NC(=O)C(CCC(=O)O)NC(=O)C(N)Cc1cnc[nH]1)C(=O)NC(CC(N)=O)C(=O)O. The van der Waals surface area contributed by atoms with Gasteiger partial charge in [0.25, 0.3) is 0 Å². The van der Waals surface area contributed by atoms with Crippen LogP contribution in [0.3, 0.4) is 0 Å². The van der Waals surface area contributed by atoms with Crippen molar-refractivity contribution in [2.45, 2.75) is 56.8 Å². The minimum atomic E-state index is -1.60. The Kier molecular flexibility index (Phi) is 10.4. The van der Waals surface area contributed by atoms with E-state index in [0.717, 1.165) is 0 Å². The highest BCUT2D eigenvalue weighted by molar-refractivity contribution is 5.94. The van der Waals surface area contributed by atoms with Crippen LogP contribution in [0.1, 0.15) is 31.9 Å². The minimum Gasteiger partial charge on any atom is -0.481 e. The Morgan fingerprint density at radius 2 is 1.67 bits per heavy atom. The molecule has 0 aliphatic carbocycles. The zero-order valence-electron chi connectivity index (χ0n) is 17.7. The third kappa shape index (κ3) is 9.77.